The van der Waals surface area contributed by atoms with E-state index < -0.39 is 0 Å². The van der Waals surface area contributed by atoms with Gasteiger partial charge in [-0.25, -0.2) is 4.52 Å². The Hall–Kier alpha value is -1.35. The molecule has 2 heterocycles. The molecule has 3 heteroatoms. The molecule has 0 spiro atoms. The van der Waals surface area contributed by atoms with Gasteiger partial charge in [0.05, 0.1) is 11.7 Å². The normalized spacial score (nSPS) is 12.9. The molecule has 0 fully saturated rings. The summed E-state index contributed by atoms with van der Waals surface area (Å²) < 4.78 is 1.97. The van der Waals surface area contributed by atoms with E-state index >= 15 is 0 Å². The van der Waals surface area contributed by atoms with Crippen LogP contribution >= 0.6 is 0 Å². The summed E-state index contributed by atoms with van der Waals surface area (Å²) in [6.07, 6.45) is 13.4. The number of nitrogens with one attached hydrogen (secondary N) is 1. The van der Waals surface area contributed by atoms with Crippen LogP contribution in [0.15, 0.2) is 30.6 Å². The number of rotatable bonds is 10. The van der Waals surface area contributed by atoms with Crippen LogP contribution in [0.1, 0.15) is 70.4 Å². The van der Waals surface area contributed by atoms with Gasteiger partial charge in [0.15, 0.2) is 0 Å². The number of hydrogen-bond donors (Lipinski definition) is 1. The van der Waals surface area contributed by atoms with E-state index in [1.54, 1.807) is 0 Å². The average Bonchev–Trinajstić information content (AvgIpc) is 2.93. The highest BCUT2D eigenvalue weighted by Gasteiger charge is 2.14. The van der Waals surface area contributed by atoms with E-state index in [9.17, 15) is 0 Å². The van der Waals surface area contributed by atoms with E-state index in [0.717, 1.165) is 6.54 Å². The first kappa shape index (κ1) is 16.0. The largest absolute Gasteiger partial charge is 0.310 e. The van der Waals surface area contributed by atoms with Gasteiger partial charge < -0.3 is 5.32 Å². The first-order valence-corrected chi connectivity index (χ1v) is 8.52. The zero-order valence-electron chi connectivity index (χ0n) is 13.5. The van der Waals surface area contributed by atoms with E-state index in [-0.39, 0.29) is 0 Å². The Bertz CT molecular complexity index is 518. The molecule has 1 atom stereocenters. The average molecular weight is 287 g/mol. The quantitative estimate of drug-likeness (QED) is 0.640. The minimum atomic E-state index is 0.432. The summed E-state index contributed by atoms with van der Waals surface area (Å²) in [6, 6.07) is 6.71. The Kier molecular flexibility index (Phi) is 6.74. The number of pyridine rings is 1. The Morgan fingerprint density at radius 2 is 1.90 bits per heavy atom. The highest BCUT2D eigenvalue weighted by Crippen LogP contribution is 2.24. The van der Waals surface area contributed by atoms with Crippen molar-refractivity contribution in [3.8, 4) is 0 Å². The lowest BCUT2D eigenvalue weighted by atomic mass is 10.0. The van der Waals surface area contributed by atoms with Crippen molar-refractivity contribution in [2.75, 3.05) is 6.54 Å². The number of fused-ring (bicyclic) bond motifs is 1. The number of aromatic nitrogens is 2. The molecule has 0 amide bonds. The summed E-state index contributed by atoms with van der Waals surface area (Å²) in [5.74, 6) is 0. The standard InChI is InChI=1S/C18H29N3/c1-3-5-6-7-8-9-12-17(19-4-2)16-15-20-21-14-11-10-13-18(16)21/h10-11,13-15,17,19H,3-9,12H2,1-2H3. The van der Waals surface area contributed by atoms with Crippen LogP contribution in [0, 0.1) is 0 Å². The second-order valence-corrected chi connectivity index (χ2v) is 5.80. The highest BCUT2D eigenvalue weighted by atomic mass is 15.2. The predicted octanol–water partition coefficient (Wildman–Crippen LogP) is 4.74. The predicted molar refractivity (Wildman–Crippen MR) is 89.6 cm³/mol. The third-order valence-corrected chi connectivity index (χ3v) is 4.13. The minimum Gasteiger partial charge on any atom is -0.310 e. The van der Waals surface area contributed by atoms with Crippen molar-refractivity contribution in [1.82, 2.24) is 14.9 Å². The summed E-state index contributed by atoms with van der Waals surface area (Å²) in [4.78, 5) is 0. The molecule has 0 aliphatic rings. The molecular weight excluding hydrogens is 258 g/mol. The molecule has 3 nitrogen and oxygen atoms in total. The zero-order valence-corrected chi connectivity index (χ0v) is 13.5. The number of unbranched alkanes of at least 4 members (excludes halogenated alkanes) is 5. The first-order chi connectivity index (χ1) is 10.4. The van der Waals surface area contributed by atoms with Crippen LogP contribution in [0.2, 0.25) is 0 Å². The van der Waals surface area contributed by atoms with E-state index in [2.05, 4.69) is 36.4 Å². The van der Waals surface area contributed by atoms with Crippen molar-refractivity contribution >= 4 is 5.52 Å². The molecule has 0 saturated carbocycles. The maximum Gasteiger partial charge on any atom is 0.0709 e. The molecule has 0 saturated heterocycles. The summed E-state index contributed by atoms with van der Waals surface area (Å²) in [6.45, 7) is 5.46. The van der Waals surface area contributed by atoms with Crippen LogP contribution in [0.4, 0.5) is 0 Å². The fourth-order valence-electron chi connectivity index (χ4n) is 2.97. The van der Waals surface area contributed by atoms with Gasteiger partial charge in [-0.15, -0.1) is 0 Å². The third kappa shape index (κ3) is 4.57. The van der Waals surface area contributed by atoms with Crippen molar-refractivity contribution in [1.29, 1.82) is 0 Å². The molecule has 2 rings (SSSR count). The molecule has 0 aliphatic carbocycles. The molecule has 0 radical (unpaired) electrons. The molecule has 21 heavy (non-hydrogen) atoms. The fraction of sp³-hybridized carbons (Fsp3) is 0.611. The molecule has 1 N–H and O–H groups in total. The highest BCUT2D eigenvalue weighted by molar-refractivity contribution is 5.54. The van der Waals surface area contributed by atoms with Crippen LogP contribution in [-0.4, -0.2) is 16.2 Å². The lowest BCUT2D eigenvalue weighted by molar-refractivity contribution is 0.479. The second-order valence-electron chi connectivity index (χ2n) is 5.80. The minimum absolute atomic E-state index is 0.432. The van der Waals surface area contributed by atoms with Crippen LogP contribution in [0.3, 0.4) is 0 Å². The molecule has 2 aromatic rings. The molecule has 116 valence electrons. The summed E-state index contributed by atoms with van der Waals surface area (Å²) >= 11 is 0. The van der Waals surface area contributed by atoms with Crippen molar-refractivity contribution in [3.05, 3.63) is 36.2 Å². The summed E-state index contributed by atoms with van der Waals surface area (Å²) in [5, 5.41) is 8.09. The number of nitrogens with zero attached hydrogens (tertiary/aromatic N) is 2. The number of hydrogen-bond acceptors (Lipinski definition) is 2. The van der Waals surface area contributed by atoms with Crippen LogP contribution in [0.5, 0.6) is 0 Å². The monoisotopic (exact) mass is 287 g/mol. The summed E-state index contributed by atoms with van der Waals surface area (Å²) in [7, 11) is 0. The zero-order chi connectivity index (χ0) is 14.9. The topological polar surface area (TPSA) is 29.3 Å². The molecule has 1 unspecified atom stereocenters. The van der Waals surface area contributed by atoms with Crippen molar-refractivity contribution in [2.24, 2.45) is 0 Å². The fourth-order valence-corrected chi connectivity index (χ4v) is 2.97. The van der Waals surface area contributed by atoms with Crippen molar-refractivity contribution in [3.63, 3.8) is 0 Å². The van der Waals surface area contributed by atoms with Crippen molar-refractivity contribution < 1.29 is 0 Å². The van der Waals surface area contributed by atoms with Gasteiger partial charge in [-0.05, 0) is 25.1 Å². The maximum absolute atomic E-state index is 4.47. The van der Waals surface area contributed by atoms with E-state index in [0.29, 0.717) is 6.04 Å². The van der Waals surface area contributed by atoms with Crippen LogP contribution in [0.25, 0.3) is 5.52 Å². The Labute approximate surface area is 128 Å². The second kappa shape index (κ2) is 8.83. The Balaban J connectivity index is 1.92. The van der Waals surface area contributed by atoms with Crippen molar-refractivity contribution in [2.45, 2.75) is 64.8 Å². The Morgan fingerprint density at radius 1 is 1.10 bits per heavy atom. The van der Waals surface area contributed by atoms with E-state index in [1.165, 1.54) is 56.0 Å². The smallest absolute Gasteiger partial charge is 0.0709 e. The van der Waals surface area contributed by atoms with Gasteiger partial charge in [-0.3, -0.25) is 0 Å². The molecule has 0 bridgehead atoms. The van der Waals surface area contributed by atoms with Gasteiger partial charge in [0.1, 0.15) is 0 Å². The summed E-state index contributed by atoms with van der Waals surface area (Å²) in [5.41, 5.74) is 2.57. The lowest BCUT2D eigenvalue weighted by Gasteiger charge is -2.17. The Morgan fingerprint density at radius 3 is 2.71 bits per heavy atom. The van der Waals surface area contributed by atoms with Gasteiger partial charge in [0.25, 0.3) is 0 Å². The maximum atomic E-state index is 4.47. The van der Waals surface area contributed by atoms with E-state index in [4.69, 9.17) is 0 Å². The molecular formula is C18H29N3. The van der Waals surface area contributed by atoms with Gasteiger partial charge in [-0.2, -0.15) is 5.10 Å². The lowest BCUT2D eigenvalue weighted by Crippen LogP contribution is -2.20. The SMILES string of the molecule is CCCCCCCCC(NCC)c1cnn2ccccc12. The van der Waals surface area contributed by atoms with Crippen LogP contribution in [-0.2, 0) is 0 Å². The van der Waals surface area contributed by atoms with Gasteiger partial charge >= 0.3 is 0 Å². The first-order valence-electron chi connectivity index (χ1n) is 8.52. The molecule has 0 aromatic carbocycles. The third-order valence-electron chi connectivity index (χ3n) is 4.13. The van der Waals surface area contributed by atoms with Gasteiger partial charge in [0, 0.05) is 17.8 Å². The molecule has 2 aromatic heterocycles. The van der Waals surface area contributed by atoms with E-state index in [1.807, 2.05) is 23.0 Å². The van der Waals surface area contributed by atoms with Gasteiger partial charge in [0.2, 0.25) is 0 Å². The van der Waals surface area contributed by atoms with Gasteiger partial charge in [-0.1, -0.05) is 58.4 Å². The molecule has 0 aliphatic heterocycles. The van der Waals surface area contributed by atoms with Crippen LogP contribution < -0.4 is 5.32 Å².